The molecule has 0 atom stereocenters. The molecule has 1 aliphatic carbocycles. The first-order valence-corrected chi connectivity index (χ1v) is 10.0. The summed E-state index contributed by atoms with van der Waals surface area (Å²) in [5.74, 6) is 0. The van der Waals surface area contributed by atoms with Gasteiger partial charge >= 0.3 is 26.2 Å². The van der Waals surface area contributed by atoms with Crippen molar-refractivity contribution in [2.75, 3.05) is 0 Å². The Morgan fingerprint density at radius 2 is 1.41 bits per heavy atom. The molecule has 0 unspecified atom stereocenters. The molecule has 1 heteroatoms. The SMILES string of the molecule is C=C.CC(C)(C)c1[c-]c2c(cc1)-c1ccc(C(C)(C)C)cc1C2.[Zr+2].c1cc[cH-]c1. The standard InChI is InChI=1S/C21H25.C5H5.C2H4.Zr/c1-20(2,3)16-7-9-18-14(12-16)11-15-13-17(21(4,5)6)8-10-19(15)18;1-2-4-5-3-1;1-2;/h7-10,12H,11H2,1-6H3;1-5H;1-2H2;/q2*-1;;+2. The van der Waals surface area contributed by atoms with E-state index in [0.29, 0.717) is 0 Å². The summed E-state index contributed by atoms with van der Waals surface area (Å²) in [6.07, 6.45) is 1.03. The third-order valence-electron chi connectivity index (χ3n) is 5.02. The van der Waals surface area contributed by atoms with Crippen molar-refractivity contribution >= 4 is 0 Å². The number of hydrogen-bond acceptors (Lipinski definition) is 0. The minimum atomic E-state index is 0. The molecule has 0 aliphatic heterocycles. The van der Waals surface area contributed by atoms with E-state index < -0.39 is 0 Å². The summed E-state index contributed by atoms with van der Waals surface area (Å²) in [5.41, 5.74) is 8.70. The fraction of sp³-hybridized carbons (Fsp3) is 0.321. The summed E-state index contributed by atoms with van der Waals surface area (Å²) in [7, 11) is 0. The molecule has 0 nitrogen and oxygen atoms in total. The topological polar surface area (TPSA) is 0 Å². The summed E-state index contributed by atoms with van der Waals surface area (Å²) < 4.78 is 0. The molecule has 0 aromatic heterocycles. The van der Waals surface area contributed by atoms with E-state index in [4.69, 9.17) is 0 Å². The van der Waals surface area contributed by atoms with Gasteiger partial charge < -0.3 is 0 Å². The molecule has 0 saturated carbocycles. The summed E-state index contributed by atoms with van der Waals surface area (Å²) in [6, 6.07) is 25.2. The van der Waals surface area contributed by atoms with Gasteiger partial charge in [0.1, 0.15) is 0 Å². The average molecular weight is 462 g/mol. The minimum Gasteiger partial charge on any atom is -0.214 e. The maximum Gasteiger partial charge on any atom is 2.00 e. The number of rotatable bonds is 0. The van der Waals surface area contributed by atoms with E-state index in [1.54, 1.807) is 0 Å². The molecule has 29 heavy (non-hydrogen) atoms. The van der Waals surface area contributed by atoms with Crippen LogP contribution in [0.2, 0.25) is 0 Å². The molecule has 3 aromatic rings. The van der Waals surface area contributed by atoms with Crippen molar-refractivity contribution in [2.24, 2.45) is 0 Å². The molecular formula is C28H34Zr. The van der Waals surface area contributed by atoms with Crippen LogP contribution in [0.1, 0.15) is 63.8 Å². The smallest absolute Gasteiger partial charge is 0.214 e. The van der Waals surface area contributed by atoms with Crippen molar-refractivity contribution in [3.63, 3.8) is 0 Å². The van der Waals surface area contributed by atoms with Gasteiger partial charge in [0.2, 0.25) is 0 Å². The van der Waals surface area contributed by atoms with Gasteiger partial charge in [-0.05, 0) is 28.4 Å². The van der Waals surface area contributed by atoms with E-state index in [2.05, 4.69) is 91.1 Å². The molecule has 150 valence electrons. The van der Waals surface area contributed by atoms with Gasteiger partial charge in [0.25, 0.3) is 0 Å². The van der Waals surface area contributed by atoms with Crippen molar-refractivity contribution in [2.45, 2.75) is 58.8 Å². The van der Waals surface area contributed by atoms with Gasteiger partial charge in [-0.3, -0.25) is 0 Å². The Balaban J connectivity index is 0.000000452. The van der Waals surface area contributed by atoms with Gasteiger partial charge in [-0.15, -0.1) is 24.3 Å². The number of benzene rings is 2. The summed E-state index contributed by atoms with van der Waals surface area (Å²) in [4.78, 5) is 0. The van der Waals surface area contributed by atoms with Crippen molar-refractivity contribution in [3.05, 3.63) is 102 Å². The molecule has 4 rings (SSSR count). The molecule has 0 saturated heterocycles. The van der Waals surface area contributed by atoms with Crippen molar-refractivity contribution in [1.29, 1.82) is 0 Å². The fourth-order valence-electron chi connectivity index (χ4n) is 3.35. The van der Waals surface area contributed by atoms with Crippen LogP contribution in [0.5, 0.6) is 0 Å². The second-order valence-corrected chi connectivity index (χ2v) is 9.28. The molecule has 0 fully saturated rings. The van der Waals surface area contributed by atoms with E-state index in [9.17, 15) is 0 Å². The Hall–Kier alpha value is -1.59. The zero-order valence-electron chi connectivity index (χ0n) is 18.9. The molecule has 1 aliphatic rings. The molecule has 0 radical (unpaired) electrons. The second-order valence-electron chi connectivity index (χ2n) is 9.28. The average Bonchev–Trinajstić information content (AvgIpc) is 3.32. The van der Waals surface area contributed by atoms with E-state index in [-0.39, 0.29) is 37.0 Å². The van der Waals surface area contributed by atoms with E-state index in [1.165, 1.54) is 33.4 Å². The van der Waals surface area contributed by atoms with Crippen LogP contribution in [0.3, 0.4) is 0 Å². The monoisotopic (exact) mass is 460 g/mol. The first kappa shape index (κ1) is 25.4. The maximum absolute atomic E-state index is 3.67. The summed E-state index contributed by atoms with van der Waals surface area (Å²) >= 11 is 0. The minimum absolute atomic E-state index is 0. The van der Waals surface area contributed by atoms with Gasteiger partial charge in [0, 0.05) is 0 Å². The van der Waals surface area contributed by atoms with Crippen LogP contribution < -0.4 is 0 Å². The van der Waals surface area contributed by atoms with Crippen molar-refractivity contribution in [3.8, 4) is 11.1 Å². The maximum atomic E-state index is 3.67. The zero-order chi connectivity index (χ0) is 20.9. The summed E-state index contributed by atoms with van der Waals surface area (Å²) in [5, 5.41) is 0. The van der Waals surface area contributed by atoms with Gasteiger partial charge in [-0.2, -0.15) is 42.0 Å². The van der Waals surface area contributed by atoms with Crippen LogP contribution in [0.15, 0.2) is 73.8 Å². The predicted molar refractivity (Wildman–Crippen MR) is 124 cm³/mol. The Kier molecular flexibility index (Phi) is 9.17. The van der Waals surface area contributed by atoms with Crippen LogP contribution in [0.4, 0.5) is 0 Å². The van der Waals surface area contributed by atoms with Crippen LogP contribution in [-0.4, -0.2) is 0 Å². The molecular weight excluding hydrogens is 428 g/mol. The Bertz CT molecular complexity index is 808. The second kappa shape index (κ2) is 10.4. The van der Waals surface area contributed by atoms with E-state index in [1.807, 2.05) is 30.3 Å². The van der Waals surface area contributed by atoms with Crippen LogP contribution in [-0.2, 0) is 43.5 Å². The van der Waals surface area contributed by atoms with E-state index >= 15 is 0 Å². The quantitative estimate of drug-likeness (QED) is 0.185. The zero-order valence-corrected chi connectivity index (χ0v) is 21.4. The van der Waals surface area contributed by atoms with Gasteiger partial charge in [0.15, 0.2) is 0 Å². The Morgan fingerprint density at radius 3 is 1.90 bits per heavy atom. The normalized spacial score (nSPS) is 11.7. The molecule has 0 heterocycles. The fourth-order valence-corrected chi connectivity index (χ4v) is 3.35. The molecule has 0 amide bonds. The van der Waals surface area contributed by atoms with Crippen LogP contribution in [0.25, 0.3) is 11.1 Å². The number of hydrogen-bond donors (Lipinski definition) is 0. The molecule has 0 spiro atoms. The van der Waals surface area contributed by atoms with Gasteiger partial charge in [-0.25, -0.2) is 12.1 Å². The Morgan fingerprint density at radius 1 is 0.828 bits per heavy atom. The largest absolute Gasteiger partial charge is 2.00 e. The number of fused-ring (bicyclic) bond motifs is 3. The molecule has 0 N–H and O–H groups in total. The Labute approximate surface area is 197 Å². The van der Waals surface area contributed by atoms with Crippen molar-refractivity contribution < 1.29 is 26.2 Å². The van der Waals surface area contributed by atoms with Crippen LogP contribution in [0, 0.1) is 6.07 Å². The molecule has 0 bridgehead atoms. The first-order chi connectivity index (χ1) is 13.2. The third-order valence-corrected chi connectivity index (χ3v) is 5.02. The summed E-state index contributed by atoms with van der Waals surface area (Å²) in [6.45, 7) is 19.6. The van der Waals surface area contributed by atoms with E-state index in [0.717, 1.165) is 6.42 Å². The first-order valence-electron chi connectivity index (χ1n) is 10.0. The van der Waals surface area contributed by atoms with Gasteiger partial charge in [-0.1, -0.05) is 65.3 Å². The van der Waals surface area contributed by atoms with Crippen LogP contribution >= 0.6 is 0 Å². The predicted octanol–water partition coefficient (Wildman–Crippen LogP) is 7.86. The molecule has 3 aromatic carbocycles. The third kappa shape index (κ3) is 6.45. The van der Waals surface area contributed by atoms with Crippen molar-refractivity contribution in [1.82, 2.24) is 0 Å². The van der Waals surface area contributed by atoms with Gasteiger partial charge in [0.05, 0.1) is 0 Å².